The lowest BCUT2D eigenvalue weighted by atomic mass is 10.1. The molecule has 0 spiro atoms. The van der Waals surface area contributed by atoms with Gasteiger partial charge in [-0.05, 0) is 29.8 Å². The number of nitrogens with two attached hydrogens (primary N) is 1. The van der Waals surface area contributed by atoms with Crippen molar-refractivity contribution in [1.82, 2.24) is 15.1 Å². The molecule has 1 aromatic carbocycles. The van der Waals surface area contributed by atoms with Gasteiger partial charge in [-0.1, -0.05) is 25.4 Å². The Labute approximate surface area is 122 Å². The number of hydrogen-bond donors (Lipinski definition) is 2. The summed E-state index contributed by atoms with van der Waals surface area (Å²) in [6.07, 6.45) is 1.71. The fraction of sp³-hybridized carbons (Fsp3) is 0.286. The molecule has 0 atom stereocenters. The molecule has 0 aliphatic heterocycles. The summed E-state index contributed by atoms with van der Waals surface area (Å²) in [6, 6.07) is 7.51. The SMILES string of the molecule is CC(C)NCc1cc(Cl)ccc1-n1ccc(C(N)=O)n1. The van der Waals surface area contributed by atoms with Crippen LogP contribution in [0.5, 0.6) is 0 Å². The molecular weight excluding hydrogens is 276 g/mol. The summed E-state index contributed by atoms with van der Waals surface area (Å²) in [7, 11) is 0. The summed E-state index contributed by atoms with van der Waals surface area (Å²) in [4.78, 5) is 11.1. The maximum atomic E-state index is 11.1. The van der Waals surface area contributed by atoms with Gasteiger partial charge in [0.05, 0.1) is 5.69 Å². The smallest absolute Gasteiger partial charge is 0.269 e. The first-order chi connectivity index (χ1) is 9.47. The zero-order valence-electron chi connectivity index (χ0n) is 11.4. The van der Waals surface area contributed by atoms with E-state index in [0.29, 0.717) is 17.6 Å². The first-order valence-corrected chi connectivity index (χ1v) is 6.73. The number of carbonyl (C=O) groups is 1. The Morgan fingerprint density at radius 3 is 2.80 bits per heavy atom. The van der Waals surface area contributed by atoms with Crippen LogP contribution in [0, 0.1) is 0 Å². The minimum absolute atomic E-state index is 0.239. The minimum Gasteiger partial charge on any atom is -0.364 e. The number of hydrogen-bond acceptors (Lipinski definition) is 3. The lowest BCUT2D eigenvalue weighted by Crippen LogP contribution is -2.22. The topological polar surface area (TPSA) is 72.9 Å². The molecule has 6 heteroatoms. The number of amides is 1. The minimum atomic E-state index is -0.542. The van der Waals surface area contributed by atoms with E-state index < -0.39 is 5.91 Å². The molecule has 3 N–H and O–H groups in total. The average molecular weight is 293 g/mol. The summed E-state index contributed by atoms with van der Waals surface area (Å²) in [5.41, 5.74) is 7.33. The van der Waals surface area contributed by atoms with E-state index in [2.05, 4.69) is 24.3 Å². The monoisotopic (exact) mass is 292 g/mol. The maximum Gasteiger partial charge on any atom is 0.269 e. The van der Waals surface area contributed by atoms with Crippen LogP contribution in [0.1, 0.15) is 29.9 Å². The van der Waals surface area contributed by atoms with Crippen LogP contribution in [0.15, 0.2) is 30.5 Å². The number of primary amides is 1. The van der Waals surface area contributed by atoms with Crippen LogP contribution < -0.4 is 11.1 Å². The molecule has 0 saturated heterocycles. The number of nitrogens with one attached hydrogen (secondary N) is 1. The maximum absolute atomic E-state index is 11.1. The van der Waals surface area contributed by atoms with E-state index in [0.717, 1.165) is 11.3 Å². The molecule has 20 heavy (non-hydrogen) atoms. The normalized spacial score (nSPS) is 11.0. The Kier molecular flexibility index (Phi) is 4.42. The van der Waals surface area contributed by atoms with Gasteiger partial charge < -0.3 is 11.1 Å². The second-order valence-corrected chi connectivity index (χ2v) is 5.25. The van der Waals surface area contributed by atoms with Crippen molar-refractivity contribution in [3.63, 3.8) is 0 Å². The zero-order chi connectivity index (χ0) is 14.7. The molecule has 1 aromatic heterocycles. The van der Waals surface area contributed by atoms with E-state index in [9.17, 15) is 4.79 Å². The van der Waals surface area contributed by atoms with Crippen molar-refractivity contribution in [2.45, 2.75) is 26.4 Å². The zero-order valence-corrected chi connectivity index (χ0v) is 12.2. The summed E-state index contributed by atoms with van der Waals surface area (Å²) >= 11 is 6.04. The van der Waals surface area contributed by atoms with Crippen molar-refractivity contribution in [1.29, 1.82) is 0 Å². The van der Waals surface area contributed by atoms with Crippen LogP contribution in [0.3, 0.4) is 0 Å². The highest BCUT2D eigenvalue weighted by Crippen LogP contribution is 2.19. The molecule has 0 radical (unpaired) electrons. The Morgan fingerprint density at radius 1 is 1.45 bits per heavy atom. The average Bonchev–Trinajstić information content (AvgIpc) is 2.86. The van der Waals surface area contributed by atoms with Gasteiger partial charge in [-0.15, -0.1) is 0 Å². The molecule has 1 amide bonds. The highest BCUT2D eigenvalue weighted by Gasteiger charge is 2.10. The molecule has 0 saturated carbocycles. The van der Waals surface area contributed by atoms with E-state index in [-0.39, 0.29) is 5.69 Å². The third-order valence-corrected chi connectivity index (χ3v) is 3.07. The molecule has 2 rings (SSSR count). The highest BCUT2D eigenvalue weighted by molar-refractivity contribution is 6.30. The summed E-state index contributed by atoms with van der Waals surface area (Å²) in [6.45, 7) is 4.81. The molecule has 0 aliphatic rings. The van der Waals surface area contributed by atoms with Gasteiger partial charge in [-0.3, -0.25) is 4.79 Å². The van der Waals surface area contributed by atoms with Gasteiger partial charge in [-0.2, -0.15) is 5.10 Å². The Bertz CT molecular complexity index is 621. The molecule has 0 bridgehead atoms. The van der Waals surface area contributed by atoms with Gasteiger partial charge in [0.2, 0.25) is 0 Å². The van der Waals surface area contributed by atoms with Crippen LogP contribution in [-0.4, -0.2) is 21.7 Å². The number of aromatic nitrogens is 2. The lowest BCUT2D eigenvalue weighted by molar-refractivity contribution is 0.0995. The summed E-state index contributed by atoms with van der Waals surface area (Å²) in [5.74, 6) is -0.542. The van der Waals surface area contributed by atoms with Crippen molar-refractivity contribution in [2.24, 2.45) is 5.73 Å². The molecule has 1 heterocycles. The molecule has 5 nitrogen and oxygen atoms in total. The quantitative estimate of drug-likeness (QED) is 0.886. The van der Waals surface area contributed by atoms with Gasteiger partial charge in [0.1, 0.15) is 5.69 Å². The molecular formula is C14H17ClN4O. The molecule has 2 aromatic rings. The van der Waals surface area contributed by atoms with E-state index >= 15 is 0 Å². The van der Waals surface area contributed by atoms with Crippen LogP contribution in [0.2, 0.25) is 5.02 Å². The van der Waals surface area contributed by atoms with Crippen molar-refractivity contribution < 1.29 is 4.79 Å². The van der Waals surface area contributed by atoms with Crippen molar-refractivity contribution >= 4 is 17.5 Å². The number of benzene rings is 1. The van der Waals surface area contributed by atoms with Gasteiger partial charge in [0.15, 0.2) is 0 Å². The Morgan fingerprint density at radius 2 is 2.20 bits per heavy atom. The molecule has 0 aliphatic carbocycles. The number of nitrogens with zero attached hydrogens (tertiary/aromatic N) is 2. The largest absolute Gasteiger partial charge is 0.364 e. The van der Waals surface area contributed by atoms with E-state index in [1.807, 2.05) is 12.1 Å². The molecule has 106 valence electrons. The molecule has 0 fully saturated rings. The highest BCUT2D eigenvalue weighted by atomic mass is 35.5. The number of halogens is 1. The fourth-order valence-corrected chi connectivity index (χ4v) is 2.02. The fourth-order valence-electron chi connectivity index (χ4n) is 1.82. The van der Waals surface area contributed by atoms with Crippen LogP contribution in [-0.2, 0) is 6.54 Å². The van der Waals surface area contributed by atoms with Crippen molar-refractivity contribution in [2.75, 3.05) is 0 Å². The van der Waals surface area contributed by atoms with E-state index in [1.165, 1.54) is 0 Å². The van der Waals surface area contributed by atoms with Gasteiger partial charge in [0.25, 0.3) is 5.91 Å². The Hall–Kier alpha value is -1.85. The predicted octanol–water partition coefficient (Wildman–Crippen LogP) is 2.12. The first-order valence-electron chi connectivity index (χ1n) is 6.35. The standard InChI is InChI=1S/C14H17ClN4O/c1-9(2)17-8-10-7-11(15)3-4-13(10)19-6-5-12(18-19)14(16)20/h3-7,9,17H,8H2,1-2H3,(H2,16,20). The van der Waals surface area contributed by atoms with E-state index in [4.69, 9.17) is 17.3 Å². The lowest BCUT2D eigenvalue weighted by Gasteiger charge is -2.13. The Balaban J connectivity index is 2.36. The van der Waals surface area contributed by atoms with Crippen LogP contribution >= 0.6 is 11.6 Å². The second kappa shape index (κ2) is 6.07. The van der Waals surface area contributed by atoms with Crippen LogP contribution in [0.4, 0.5) is 0 Å². The number of carbonyl (C=O) groups excluding carboxylic acids is 1. The van der Waals surface area contributed by atoms with E-state index in [1.54, 1.807) is 23.0 Å². The van der Waals surface area contributed by atoms with Gasteiger partial charge >= 0.3 is 0 Å². The third kappa shape index (κ3) is 3.37. The van der Waals surface area contributed by atoms with Crippen LogP contribution in [0.25, 0.3) is 5.69 Å². The van der Waals surface area contributed by atoms with Crippen molar-refractivity contribution in [3.05, 3.63) is 46.7 Å². The van der Waals surface area contributed by atoms with Crippen molar-refractivity contribution in [3.8, 4) is 5.69 Å². The first kappa shape index (κ1) is 14.6. The summed E-state index contributed by atoms with van der Waals surface area (Å²) < 4.78 is 1.63. The second-order valence-electron chi connectivity index (χ2n) is 4.82. The summed E-state index contributed by atoms with van der Waals surface area (Å²) in [5, 5.41) is 8.17. The molecule has 0 unspecified atom stereocenters. The predicted molar refractivity (Wildman–Crippen MR) is 79.1 cm³/mol. The van der Waals surface area contributed by atoms with Gasteiger partial charge in [-0.25, -0.2) is 4.68 Å². The number of rotatable bonds is 5. The third-order valence-electron chi connectivity index (χ3n) is 2.83. The van der Waals surface area contributed by atoms with Gasteiger partial charge in [0, 0.05) is 23.8 Å².